The number of aliphatic hydroxyl groups excluding tert-OH is 1. The molecule has 122 valence electrons. The number of aromatic nitrogens is 2. The van der Waals surface area contributed by atoms with Crippen LogP contribution in [0.2, 0.25) is 5.02 Å². The van der Waals surface area contributed by atoms with Gasteiger partial charge in [0, 0.05) is 17.3 Å². The van der Waals surface area contributed by atoms with Crippen LogP contribution in [0, 0.1) is 0 Å². The smallest absolute Gasteiger partial charge is 0.270 e. The van der Waals surface area contributed by atoms with Gasteiger partial charge >= 0.3 is 0 Å². The van der Waals surface area contributed by atoms with Gasteiger partial charge in [-0.15, -0.1) is 0 Å². The van der Waals surface area contributed by atoms with Crippen molar-refractivity contribution in [1.29, 1.82) is 0 Å². The third kappa shape index (κ3) is 3.64. The Kier molecular flexibility index (Phi) is 4.93. The first kappa shape index (κ1) is 16.2. The number of imidazole rings is 1. The van der Waals surface area contributed by atoms with E-state index >= 15 is 0 Å². The average molecular weight is 342 g/mol. The van der Waals surface area contributed by atoms with Crippen molar-refractivity contribution in [1.82, 2.24) is 14.9 Å². The molecule has 24 heavy (non-hydrogen) atoms. The molecule has 3 rings (SSSR count). The minimum absolute atomic E-state index is 0.0977. The van der Waals surface area contributed by atoms with Crippen LogP contribution in [0.15, 0.2) is 67.1 Å². The molecule has 0 radical (unpaired) electrons. The minimum atomic E-state index is -0.806. The largest absolute Gasteiger partial charge is 0.387 e. The molecule has 1 unspecified atom stereocenters. The van der Waals surface area contributed by atoms with Crippen molar-refractivity contribution >= 4 is 17.5 Å². The van der Waals surface area contributed by atoms with Crippen molar-refractivity contribution < 1.29 is 9.90 Å². The number of hydrogen-bond acceptors (Lipinski definition) is 3. The predicted molar refractivity (Wildman–Crippen MR) is 92.3 cm³/mol. The fourth-order valence-corrected chi connectivity index (χ4v) is 2.47. The summed E-state index contributed by atoms with van der Waals surface area (Å²) in [5.41, 5.74) is 1.94. The Balaban J connectivity index is 1.68. The summed E-state index contributed by atoms with van der Waals surface area (Å²) in [6.07, 6.45) is 2.27. The topological polar surface area (TPSA) is 67.2 Å². The van der Waals surface area contributed by atoms with Crippen molar-refractivity contribution in [2.45, 2.75) is 6.10 Å². The molecule has 0 aliphatic heterocycles. The molecule has 0 bridgehead atoms. The first-order chi connectivity index (χ1) is 11.6. The van der Waals surface area contributed by atoms with E-state index in [-0.39, 0.29) is 12.5 Å². The third-order valence-corrected chi connectivity index (χ3v) is 3.87. The maximum atomic E-state index is 12.4. The first-order valence-electron chi connectivity index (χ1n) is 7.44. The van der Waals surface area contributed by atoms with E-state index in [0.29, 0.717) is 16.3 Å². The number of nitrogens with one attached hydrogen (secondary N) is 1. The van der Waals surface area contributed by atoms with Crippen molar-refractivity contribution in [2.24, 2.45) is 0 Å². The molecule has 5 nitrogen and oxygen atoms in total. The van der Waals surface area contributed by atoms with E-state index in [0.717, 1.165) is 5.69 Å². The van der Waals surface area contributed by atoms with E-state index in [4.69, 9.17) is 11.6 Å². The summed E-state index contributed by atoms with van der Waals surface area (Å²) >= 11 is 5.83. The molecule has 0 spiro atoms. The molecule has 1 atom stereocenters. The summed E-state index contributed by atoms with van der Waals surface area (Å²) < 4.78 is 1.70. The fraction of sp³-hybridized carbons (Fsp3) is 0.111. The molecular formula is C18H16ClN3O2. The normalized spacial score (nSPS) is 11.9. The zero-order valence-electron chi connectivity index (χ0n) is 12.8. The molecule has 6 heteroatoms. The van der Waals surface area contributed by atoms with Crippen LogP contribution in [-0.4, -0.2) is 27.1 Å². The lowest BCUT2D eigenvalue weighted by atomic mass is 10.1. The number of amides is 1. The number of carbonyl (C=O) groups excluding carboxylic acids is 1. The highest BCUT2D eigenvalue weighted by molar-refractivity contribution is 6.30. The maximum absolute atomic E-state index is 12.4. The molecule has 1 aromatic heterocycles. The Morgan fingerprint density at radius 2 is 1.88 bits per heavy atom. The molecule has 0 saturated carbocycles. The highest BCUT2D eigenvalue weighted by Crippen LogP contribution is 2.16. The zero-order valence-corrected chi connectivity index (χ0v) is 13.5. The van der Waals surface area contributed by atoms with Gasteiger partial charge < -0.3 is 10.4 Å². The Hall–Kier alpha value is -2.63. The monoisotopic (exact) mass is 341 g/mol. The van der Waals surface area contributed by atoms with E-state index < -0.39 is 6.10 Å². The molecule has 0 aliphatic carbocycles. The summed E-state index contributed by atoms with van der Waals surface area (Å²) in [6.45, 7) is 0.0977. The van der Waals surface area contributed by atoms with Crippen LogP contribution in [0.5, 0.6) is 0 Å². The first-order valence-corrected chi connectivity index (χ1v) is 7.82. The van der Waals surface area contributed by atoms with Gasteiger partial charge in [0.25, 0.3) is 5.91 Å². The number of carbonyl (C=O) groups is 1. The molecule has 0 aliphatic rings. The molecule has 2 N–H and O–H groups in total. The lowest BCUT2D eigenvalue weighted by molar-refractivity contribution is 0.0909. The van der Waals surface area contributed by atoms with E-state index in [1.165, 1.54) is 6.20 Å². The number of nitrogens with zero attached hydrogens (tertiary/aromatic N) is 2. The SMILES string of the molecule is O=C(NCC(O)c1ccc(Cl)cc1)c1cncn1-c1ccccc1. The lowest BCUT2D eigenvalue weighted by Gasteiger charge is -2.13. The summed E-state index contributed by atoms with van der Waals surface area (Å²) in [5, 5.41) is 13.5. The number of aliphatic hydroxyl groups is 1. The van der Waals surface area contributed by atoms with E-state index in [9.17, 15) is 9.90 Å². The number of hydrogen-bond donors (Lipinski definition) is 2. The standard InChI is InChI=1S/C18H16ClN3O2/c19-14-8-6-13(7-9-14)17(23)11-21-18(24)16-10-20-12-22(16)15-4-2-1-3-5-15/h1-10,12,17,23H,11H2,(H,21,24). The van der Waals surface area contributed by atoms with Crippen molar-refractivity contribution in [3.05, 3.63) is 83.4 Å². The summed E-state index contributed by atoms with van der Waals surface area (Å²) in [6, 6.07) is 16.3. The van der Waals surface area contributed by atoms with Crippen molar-refractivity contribution in [3.63, 3.8) is 0 Å². The van der Waals surface area contributed by atoms with Crippen LogP contribution >= 0.6 is 11.6 Å². The van der Waals surface area contributed by atoms with Crippen LogP contribution in [0.3, 0.4) is 0 Å². The molecule has 2 aromatic carbocycles. The van der Waals surface area contributed by atoms with Gasteiger partial charge in [-0.3, -0.25) is 9.36 Å². The Morgan fingerprint density at radius 3 is 2.58 bits per heavy atom. The molecule has 1 heterocycles. The Bertz CT molecular complexity index is 816. The highest BCUT2D eigenvalue weighted by Gasteiger charge is 2.15. The fourth-order valence-electron chi connectivity index (χ4n) is 2.34. The Labute approximate surface area is 144 Å². The quantitative estimate of drug-likeness (QED) is 0.749. The number of benzene rings is 2. The average Bonchev–Trinajstić information content (AvgIpc) is 3.10. The Morgan fingerprint density at radius 1 is 1.17 bits per heavy atom. The van der Waals surface area contributed by atoms with Crippen LogP contribution in [0.4, 0.5) is 0 Å². The second-order valence-corrected chi connectivity index (χ2v) is 5.70. The molecule has 3 aromatic rings. The summed E-state index contributed by atoms with van der Waals surface area (Å²) in [4.78, 5) is 16.4. The molecule has 0 saturated heterocycles. The van der Waals surface area contributed by atoms with Crippen LogP contribution in [0.25, 0.3) is 5.69 Å². The number of rotatable bonds is 5. The van der Waals surface area contributed by atoms with Gasteiger partial charge in [-0.05, 0) is 29.8 Å². The van der Waals surface area contributed by atoms with Gasteiger partial charge in [-0.1, -0.05) is 41.9 Å². The van der Waals surface area contributed by atoms with Crippen LogP contribution in [0.1, 0.15) is 22.2 Å². The molecule has 1 amide bonds. The van der Waals surface area contributed by atoms with Crippen molar-refractivity contribution in [2.75, 3.05) is 6.54 Å². The van der Waals surface area contributed by atoms with Gasteiger partial charge in [0.05, 0.1) is 18.6 Å². The van der Waals surface area contributed by atoms with E-state index in [1.54, 1.807) is 35.2 Å². The van der Waals surface area contributed by atoms with Crippen molar-refractivity contribution in [3.8, 4) is 5.69 Å². The predicted octanol–water partition coefficient (Wildman–Crippen LogP) is 2.99. The minimum Gasteiger partial charge on any atom is -0.387 e. The highest BCUT2D eigenvalue weighted by atomic mass is 35.5. The van der Waals surface area contributed by atoms with E-state index in [1.807, 2.05) is 30.3 Å². The van der Waals surface area contributed by atoms with Crippen LogP contribution in [-0.2, 0) is 0 Å². The third-order valence-electron chi connectivity index (χ3n) is 3.62. The second-order valence-electron chi connectivity index (χ2n) is 5.26. The molecule has 0 fully saturated rings. The van der Waals surface area contributed by atoms with Gasteiger partial charge in [0.15, 0.2) is 0 Å². The van der Waals surface area contributed by atoms with Crippen LogP contribution < -0.4 is 5.32 Å². The lowest BCUT2D eigenvalue weighted by Crippen LogP contribution is -2.29. The molecular weight excluding hydrogens is 326 g/mol. The van der Waals surface area contributed by atoms with Gasteiger partial charge in [0.1, 0.15) is 5.69 Å². The second kappa shape index (κ2) is 7.29. The van der Waals surface area contributed by atoms with Gasteiger partial charge in [-0.25, -0.2) is 4.98 Å². The number of halogens is 1. The van der Waals surface area contributed by atoms with Gasteiger partial charge in [-0.2, -0.15) is 0 Å². The number of para-hydroxylation sites is 1. The maximum Gasteiger partial charge on any atom is 0.270 e. The summed E-state index contributed by atoms with van der Waals surface area (Å²) in [5.74, 6) is -0.302. The zero-order chi connectivity index (χ0) is 16.9. The van der Waals surface area contributed by atoms with Gasteiger partial charge in [0.2, 0.25) is 0 Å². The van der Waals surface area contributed by atoms with E-state index in [2.05, 4.69) is 10.3 Å². The summed E-state index contributed by atoms with van der Waals surface area (Å²) in [7, 11) is 0.